The van der Waals surface area contributed by atoms with E-state index in [1.807, 2.05) is 30.2 Å². The van der Waals surface area contributed by atoms with Crippen LogP contribution in [0.4, 0.5) is 0 Å². The molecular weight excluding hydrogens is 328 g/mol. The number of benzene rings is 1. The lowest BCUT2D eigenvalue weighted by molar-refractivity contribution is 0.0145. The van der Waals surface area contributed by atoms with Crippen LogP contribution in [0.1, 0.15) is 36.0 Å². The summed E-state index contributed by atoms with van der Waals surface area (Å²) in [7, 11) is 1.81. The molecule has 0 bridgehead atoms. The van der Waals surface area contributed by atoms with E-state index < -0.39 is 0 Å². The number of hydrogen-bond acceptors (Lipinski definition) is 5. The van der Waals surface area contributed by atoms with Crippen molar-refractivity contribution in [2.45, 2.75) is 37.8 Å². The topological polar surface area (TPSA) is 58.6 Å². The minimum Gasteiger partial charge on any atom is -0.381 e. The summed E-state index contributed by atoms with van der Waals surface area (Å²) in [5.74, 6) is 0.106. The molecule has 0 saturated carbocycles. The molecule has 138 valence electrons. The zero-order chi connectivity index (χ0) is 17.9. The van der Waals surface area contributed by atoms with Gasteiger partial charge in [-0.3, -0.25) is 14.8 Å². The fourth-order valence-electron chi connectivity index (χ4n) is 4.19. The van der Waals surface area contributed by atoms with Gasteiger partial charge in [-0.15, -0.1) is 0 Å². The summed E-state index contributed by atoms with van der Waals surface area (Å²) in [6.07, 6.45) is 8.09. The Morgan fingerprint density at radius 2 is 1.69 bits per heavy atom. The summed E-state index contributed by atoms with van der Waals surface area (Å²) in [5.41, 5.74) is 2.30. The molecule has 26 heavy (non-hydrogen) atoms. The van der Waals surface area contributed by atoms with Crippen LogP contribution in [0.25, 0.3) is 11.0 Å². The molecule has 0 radical (unpaired) electrons. The second kappa shape index (κ2) is 7.68. The maximum atomic E-state index is 12.9. The molecule has 0 unspecified atom stereocenters. The summed E-state index contributed by atoms with van der Waals surface area (Å²) >= 11 is 0. The smallest absolute Gasteiger partial charge is 0.253 e. The predicted octanol–water partition coefficient (Wildman–Crippen LogP) is 2.35. The van der Waals surface area contributed by atoms with Crippen LogP contribution in [0.3, 0.4) is 0 Å². The molecule has 2 saturated heterocycles. The number of hydrogen-bond donors (Lipinski definition) is 0. The molecule has 2 aliphatic rings. The number of fused-ring (bicyclic) bond motifs is 1. The summed E-state index contributed by atoms with van der Waals surface area (Å²) in [4.78, 5) is 26.0. The van der Waals surface area contributed by atoms with Gasteiger partial charge in [-0.05, 0) is 43.9 Å². The Labute approximate surface area is 154 Å². The number of piperidine rings is 2. The van der Waals surface area contributed by atoms with Crippen molar-refractivity contribution >= 4 is 16.9 Å². The van der Waals surface area contributed by atoms with Crippen molar-refractivity contribution in [3.05, 3.63) is 36.2 Å². The van der Waals surface area contributed by atoms with Gasteiger partial charge in [-0.1, -0.05) is 0 Å². The van der Waals surface area contributed by atoms with Gasteiger partial charge >= 0.3 is 0 Å². The van der Waals surface area contributed by atoms with Crippen LogP contribution in [0, 0.1) is 0 Å². The number of carbonyl (C=O) groups is 1. The maximum absolute atomic E-state index is 12.9. The second-order valence-corrected chi connectivity index (χ2v) is 7.25. The Hall–Kier alpha value is -2.05. The van der Waals surface area contributed by atoms with Crippen LogP contribution in [0.15, 0.2) is 30.6 Å². The highest BCUT2D eigenvalue weighted by atomic mass is 16.5. The van der Waals surface area contributed by atoms with Crippen molar-refractivity contribution in [2.24, 2.45) is 0 Å². The first-order valence-electron chi connectivity index (χ1n) is 9.51. The number of likely N-dealkylation sites (tertiary alicyclic amines) is 2. The molecule has 2 aromatic rings. The van der Waals surface area contributed by atoms with Crippen LogP contribution >= 0.6 is 0 Å². The third kappa shape index (κ3) is 3.57. The van der Waals surface area contributed by atoms with Crippen molar-refractivity contribution in [3.8, 4) is 0 Å². The molecule has 6 nitrogen and oxygen atoms in total. The van der Waals surface area contributed by atoms with E-state index in [-0.39, 0.29) is 5.91 Å². The monoisotopic (exact) mass is 354 g/mol. The Morgan fingerprint density at radius 1 is 1.00 bits per heavy atom. The van der Waals surface area contributed by atoms with Gasteiger partial charge in [-0.25, -0.2) is 0 Å². The number of methoxy groups -OCH3 is 1. The van der Waals surface area contributed by atoms with E-state index in [4.69, 9.17) is 4.74 Å². The lowest BCUT2D eigenvalue weighted by atomic mass is 9.98. The molecule has 1 amide bonds. The molecule has 1 aromatic carbocycles. The van der Waals surface area contributed by atoms with Crippen LogP contribution in [-0.4, -0.2) is 71.1 Å². The minimum absolute atomic E-state index is 0.106. The highest BCUT2D eigenvalue weighted by Crippen LogP contribution is 2.23. The first-order valence-corrected chi connectivity index (χ1v) is 9.51. The van der Waals surface area contributed by atoms with Gasteiger partial charge in [0.25, 0.3) is 5.91 Å². The van der Waals surface area contributed by atoms with Crippen molar-refractivity contribution in [1.82, 2.24) is 19.8 Å². The van der Waals surface area contributed by atoms with Crippen LogP contribution in [0.5, 0.6) is 0 Å². The van der Waals surface area contributed by atoms with Gasteiger partial charge in [0.1, 0.15) is 0 Å². The van der Waals surface area contributed by atoms with Gasteiger partial charge in [0.05, 0.1) is 17.1 Å². The highest BCUT2D eigenvalue weighted by Gasteiger charge is 2.30. The predicted molar refractivity (Wildman–Crippen MR) is 100 cm³/mol. The van der Waals surface area contributed by atoms with Gasteiger partial charge in [0.2, 0.25) is 0 Å². The Morgan fingerprint density at radius 3 is 2.38 bits per heavy atom. The molecular formula is C20H26N4O2. The number of aromatic nitrogens is 2. The first kappa shape index (κ1) is 17.4. The average molecular weight is 354 g/mol. The molecule has 0 aliphatic carbocycles. The van der Waals surface area contributed by atoms with Crippen molar-refractivity contribution in [3.63, 3.8) is 0 Å². The summed E-state index contributed by atoms with van der Waals surface area (Å²) in [5, 5.41) is 0. The summed E-state index contributed by atoms with van der Waals surface area (Å²) < 4.78 is 5.47. The molecule has 2 aliphatic heterocycles. The van der Waals surface area contributed by atoms with Gasteiger partial charge in [-0.2, -0.15) is 0 Å². The van der Waals surface area contributed by atoms with Crippen LogP contribution in [0.2, 0.25) is 0 Å². The first-order chi connectivity index (χ1) is 12.7. The molecule has 0 spiro atoms. The Kier molecular flexibility index (Phi) is 5.13. The van der Waals surface area contributed by atoms with Gasteiger partial charge in [0, 0.05) is 57.3 Å². The molecule has 4 rings (SSSR count). The fraction of sp³-hybridized carbons (Fsp3) is 0.550. The highest BCUT2D eigenvalue weighted by molar-refractivity contribution is 5.97. The van der Waals surface area contributed by atoms with E-state index in [0.29, 0.717) is 17.7 Å². The third-order valence-corrected chi connectivity index (χ3v) is 5.79. The molecule has 3 heterocycles. The molecule has 1 aromatic heterocycles. The van der Waals surface area contributed by atoms with Gasteiger partial charge in [0.15, 0.2) is 0 Å². The van der Waals surface area contributed by atoms with E-state index >= 15 is 0 Å². The van der Waals surface area contributed by atoms with E-state index in [2.05, 4.69) is 14.9 Å². The molecule has 6 heteroatoms. The lowest BCUT2D eigenvalue weighted by Gasteiger charge is -2.41. The number of amides is 1. The molecule has 0 N–H and O–H groups in total. The number of carbonyl (C=O) groups excluding carboxylic acids is 1. The molecule has 2 fully saturated rings. The molecule has 0 atom stereocenters. The van der Waals surface area contributed by atoms with E-state index in [0.717, 1.165) is 62.9 Å². The second-order valence-electron chi connectivity index (χ2n) is 7.25. The maximum Gasteiger partial charge on any atom is 0.253 e. The van der Waals surface area contributed by atoms with Crippen LogP contribution < -0.4 is 0 Å². The SMILES string of the molecule is COC1CCN(C2CCN(C(=O)c3ccc4nccnc4c3)CC2)CC1. The Bertz CT molecular complexity index is 765. The lowest BCUT2D eigenvalue weighted by Crippen LogP contribution is -2.49. The minimum atomic E-state index is 0.106. The van der Waals surface area contributed by atoms with Crippen molar-refractivity contribution in [2.75, 3.05) is 33.3 Å². The third-order valence-electron chi connectivity index (χ3n) is 5.79. The van der Waals surface area contributed by atoms with E-state index in [9.17, 15) is 4.79 Å². The van der Waals surface area contributed by atoms with Crippen LogP contribution in [-0.2, 0) is 4.74 Å². The number of nitrogens with zero attached hydrogens (tertiary/aromatic N) is 4. The largest absolute Gasteiger partial charge is 0.381 e. The van der Waals surface area contributed by atoms with E-state index in [1.54, 1.807) is 12.4 Å². The standard InChI is InChI=1S/C20H26N4O2/c1-26-17-6-12-23(13-7-17)16-4-10-24(11-5-16)20(25)15-2-3-18-19(14-15)22-9-8-21-18/h2-3,8-9,14,16-17H,4-7,10-13H2,1H3. The fourth-order valence-corrected chi connectivity index (χ4v) is 4.19. The van der Waals surface area contributed by atoms with E-state index in [1.165, 1.54) is 0 Å². The van der Waals surface area contributed by atoms with Crippen molar-refractivity contribution < 1.29 is 9.53 Å². The average Bonchev–Trinajstić information content (AvgIpc) is 2.73. The normalized spacial score (nSPS) is 20.6. The zero-order valence-corrected chi connectivity index (χ0v) is 15.3. The Balaban J connectivity index is 1.35. The summed E-state index contributed by atoms with van der Waals surface area (Å²) in [6, 6.07) is 6.19. The quantitative estimate of drug-likeness (QED) is 0.847. The number of rotatable bonds is 3. The van der Waals surface area contributed by atoms with Crippen molar-refractivity contribution in [1.29, 1.82) is 0 Å². The number of ether oxygens (including phenoxy) is 1. The summed E-state index contributed by atoms with van der Waals surface area (Å²) in [6.45, 7) is 3.87. The zero-order valence-electron chi connectivity index (χ0n) is 15.3. The van der Waals surface area contributed by atoms with Gasteiger partial charge < -0.3 is 14.5 Å².